The highest BCUT2D eigenvalue weighted by Crippen LogP contribution is 2.34. The molecule has 2 N–H and O–H groups in total. The number of nitriles is 1. The van der Waals surface area contributed by atoms with E-state index in [1.807, 2.05) is 6.07 Å². The van der Waals surface area contributed by atoms with E-state index >= 15 is 0 Å². The van der Waals surface area contributed by atoms with Crippen LogP contribution in [-0.4, -0.2) is 38.3 Å². The lowest BCUT2D eigenvalue weighted by Gasteiger charge is -2.16. The van der Waals surface area contributed by atoms with Gasteiger partial charge in [0.2, 0.25) is 0 Å². The number of alkyl halides is 2. The van der Waals surface area contributed by atoms with Gasteiger partial charge in [0.05, 0.1) is 34.1 Å². The summed E-state index contributed by atoms with van der Waals surface area (Å²) in [5.41, 5.74) is -1.13. The molecule has 0 radical (unpaired) electrons. The fourth-order valence-corrected chi connectivity index (χ4v) is 4.10. The van der Waals surface area contributed by atoms with Crippen molar-refractivity contribution < 1.29 is 33.3 Å². The topological polar surface area (TPSA) is 143 Å². The van der Waals surface area contributed by atoms with Gasteiger partial charge in [0.15, 0.2) is 5.82 Å². The molecule has 0 aliphatic carbocycles. The van der Waals surface area contributed by atoms with E-state index in [0.717, 1.165) is 16.7 Å². The largest absolute Gasteiger partial charge is 0.491 e. The standard InChI is InChI=1S/C26H16ClF2N3O6/c27-15-5-7-20(17(11-15)13-4-6-16(25(34)35)18(10-13)26(36)37)38-9-8-32-23(22(28)29)31-19-3-1-2-14(12-30)21(19)24(32)33/h1-7,10-11,22H,8-9H2,(H,34,35)(H,36,37). The molecule has 4 rings (SSSR count). The zero-order chi connectivity index (χ0) is 27.6. The van der Waals surface area contributed by atoms with E-state index in [1.54, 1.807) is 0 Å². The summed E-state index contributed by atoms with van der Waals surface area (Å²) < 4.78 is 34.0. The van der Waals surface area contributed by atoms with Crippen molar-refractivity contribution in [3.05, 3.63) is 92.5 Å². The molecule has 9 nitrogen and oxygen atoms in total. The number of nitrogens with zero attached hydrogens (tertiary/aromatic N) is 3. The lowest BCUT2D eigenvalue weighted by atomic mass is 9.98. The number of fused-ring (bicyclic) bond motifs is 1. The van der Waals surface area contributed by atoms with Gasteiger partial charge in [-0.2, -0.15) is 5.26 Å². The lowest BCUT2D eigenvalue weighted by molar-refractivity contribution is 0.0651. The first-order valence-corrected chi connectivity index (χ1v) is 11.2. The van der Waals surface area contributed by atoms with Gasteiger partial charge in [-0.3, -0.25) is 9.36 Å². The average Bonchev–Trinajstić information content (AvgIpc) is 2.89. The Morgan fingerprint density at radius 1 is 1.08 bits per heavy atom. The highest BCUT2D eigenvalue weighted by Gasteiger charge is 2.21. The van der Waals surface area contributed by atoms with E-state index in [9.17, 15) is 38.6 Å². The minimum Gasteiger partial charge on any atom is -0.491 e. The average molecular weight is 540 g/mol. The molecule has 0 saturated heterocycles. The molecule has 192 valence electrons. The van der Waals surface area contributed by atoms with Crippen LogP contribution >= 0.6 is 11.6 Å². The number of ether oxygens (including phenoxy) is 1. The molecule has 0 bridgehead atoms. The maximum absolute atomic E-state index is 13.8. The van der Waals surface area contributed by atoms with Crippen LogP contribution in [0.15, 0.2) is 59.4 Å². The van der Waals surface area contributed by atoms with Crippen LogP contribution in [0.3, 0.4) is 0 Å². The maximum Gasteiger partial charge on any atom is 0.336 e. The Morgan fingerprint density at radius 2 is 1.82 bits per heavy atom. The Morgan fingerprint density at radius 3 is 2.47 bits per heavy atom. The van der Waals surface area contributed by atoms with Crippen LogP contribution in [0.5, 0.6) is 5.75 Å². The van der Waals surface area contributed by atoms with Gasteiger partial charge in [-0.1, -0.05) is 23.7 Å². The van der Waals surface area contributed by atoms with Crippen molar-refractivity contribution in [2.75, 3.05) is 6.61 Å². The van der Waals surface area contributed by atoms with Crippen molar-refractivity contribution in [3.8, 4) is 22.9 Å². The molecule has 0 spiro atoms. The summed E-state index contributed by atoms with van der Waals surface area (Å²) in [4.78, 5) is 39.9. The number of aromatic nitrogens is 2. The van der Waals surface area contributed by atoms with Crippen LogP contribution in [0, 0.1) is 11.3 Å². The summed E-state index contributed by atoms with van der Waals surface area (Å²) in [5, 5.41) is 28.2. The van der Waals surface area contributed by atoms with Crippen LogP contribution in [0.4, 0.5) is 8.78 Å². The lowest BCUT2D eigenvalue weighted by Crippen LogP contribution is -2.28. The zero-order valence-electron chi connectivity index (χ0n) is 19.2. The van der Waals surface area contributed by atoms with E-state index in [-0.39, 0.29) is 46.0 Å². The molecule has 38 heavy (non-hydrogen) atoms. The van der Waals surface area contributed by atoms with Crippen LogP contribution in [0.2, 0.25) is 5.02 Å². The van der Waals surface area contributed by atoms with E-state index in [0.29, 0.717) is 5.56 Å². The number of hydrogen-bond acceptors (Lipinski definition) is 6. The highest BCUT2D eigenvalue weighted by atomic mass is 35.5. The van der Waals surface area contributed by atoms with Crippen molar-refractivity contribution in [2.24, 2.45) is 0 Å². The summed E-state index contributed by atoms with van der Waals surface area (Å²) in [5.74, 6) is -3.48. The second-order valence-corrected chi connectivity index (χ2v) is 8.34. The highest BCUT2D eigenvalue weighted by molar-refractivity contribution is 6.31. The minimum atomic E-state index is -3.08. The summed E-state index contributed by atoms with van der Waals surface area (Å²) in [6.07, 6.45) is -3.08. The first-order chi connectivity index (χ1) is 18.1. The van der Waals surface area contributed by atoms with Crippen molar-refractivity contribution in [1.29, 1.82) is 5.26 Å². The van der Waals surface area contributed by atoms with E-state index < -0.39 is 40.9 Å². The Labute approximate surface area is 217 Å². The number of carbonyl (C=O) groups is 2. The van der Waals surface area contributed by atoms with Crippen molar-refractivity contribution in [2.45, 2.75) is 13.0 Å². The number of rotatable bonds is 8. The molecule has 0 fully saturated rings. The summed E-state index contributed by atoms with van der Waals surface area (Å²) in [6, 6.07) is 14.1. The first kappa shape index (κ1) is 26.2. The molecular weight excluding hydrogens is 524 g/mol. The molecule has 0 unspecified atom stereocenters. The molecule has 0 amide bonds. The summed E-state index contributed by atoms with van der Waals surface area (Å²) in [7, 11) is 0. The first-order valence-electron chi connectivity index (χ1n) is 10.9. The van der Waals surface area contributed by atoms with Gasteiger partial charge in [-0.25, -0.2) is 23.4 Å². The predicted molar refractivity (Wildman–Crippen MR) is 132 cm³/mol. The Kier molecular flexibility index (Phi) is 7.36. The normalized spacial score (nSPS) is 10.9. The van der Waals surface area contributed by atoms with Gasteiger partial charge in [0.1, 0.15) is 18.4 Å². The van der Waals surface area contributed by atoms with Crippen LogP contribution in [-0.2, 0) is 6.54 Å². The van der Waals surface area contributed by atoms with Crippen molar-refractivity contribution >= 4 is 34.4 Å². The molecule has 3 aromatic carbocycles. The Bertz CT molecular complexity index is 1700. The number of benzene rings is 3. The SMILES string of the molecule is N#Cc1cccc2nc(C(F)F)n(CCOc3ccc(Cl)cc3-c3ccc(C(=O)O)c(C(=O)O)c3)c(=O)c12. The molecule has 1 heterocycles. The van der Waals surface area contributed by atoms with E-state index in [4.69, 9.17) is 16.3 Å². The van der Waals surface area contributed by atoms with Crippen molar-refractivity contribution in [1.82, 2.24) is 9.55 Å². The Hall–Kier alpha value is -4.82. The molecule has 0 atom stereocenters. The number of carboxylic acids is 2. The molecule has 4 aromatic rings. The summed E-state index contributed by atoms with van der Waals surface area (Å²) in [6.45, 7) is -0.628. The molecule has 0 saturated carbocycles. The quantitative estimate of drug-likeness (QED) is 0.318. The molecular formula is C26H16ClF2N3O6. The number of carboxylic acid groups (broad SMARTS) is 2. The van der Waals surface area contributed by atoms with Crippen molar-refractivity contribution in [3.63, 3.8) is 0 Å². The van der Waals surface area contributed by atoms with Crippen LogP contribution in [0.25, 0.3) is 22.0 Å². The summed E-state index contributed by atoms with van der Waals surface area (Å²) >= 11 is 6.11. The second kappa shape index (κ2) is 10.7. The molecule has 12 heteroatoms. The van der Waals surface area contributed by atoms with Gasteiger partial charge in [-0.05, 0) is 48.0 Å². The fraction of sp³-hybridized carbons (Fsp3) is 0.115. The van der Waals surface area contributed by atoms with Gasteiger partial charge in [-0.15, -0.1) is 0 Å². The second-order valence-electron chi connectivity index (χ2n) is 7.90. The number of halogens is 3. The third-order valence-electron chi connectivity index (χ3n) is 5.63. The molecule has 1 aromatic heterocycles. The maximum atomic E-state index is 13.8. The monoisotopic (exact) mass is 539 g/mol. The molecule has 0 aliphatic rings. The van der Waals surface area contributed by atoms with Gasteiger partial charge >= 0.3 is 11.9 Å². The van der Waals surface area contributed by atoms with Gasteiger partial charge in [0, 0.05) is 10.6 Å². The number of aromatic carboxylic acids is 2. The predicted octanol–water partition coefficient (Wildman–Crippen LogP) is 5.00. The zero-order valence-corrected chi connectivity index (χ0v) is 19.9. The van der Waals surface area contributed by atoms with E-state index in [2.05, 4.69) is 4.98 Å². The smallest absolute Gasteiger partial charge is 0.336 e. The Balaban J connectivity index is 1.70. The third kappa shape index (κ3) is 5.02. The third-order valence-corrected chi connectivity index (χ3v) is 5.87. The van der Waals surface area contributed by atoms with E-state index in [1.165, 1.54) is 42.5 Å². The van der Waals surface area contributed by atoms with Crippen LogP contribution in [0.1, 0.15) is 38.5 Å². The van der Waals surface area contributed by atoms with Crippen LogP contribution < -0.4 is 10.3 Å². The minimum absolute atomic E-state index is 0.00508. The van der Waals surface area contributed by atoms with Gasteiger partial charge < -0.3 is 14.9 Å². The fourth-order valence-electron chi connectivity index (χ4n) is 3.93. The molecule has 0 aliphatic heterocycles. The number of hydrogen-bond donors (Lipinski definition) is 2. The van der Waals surface area contributed by atoms with Gasteiger partial charge in [0.25, 0.3) is 12.0 Å².